The summed E-state index contributed by atoms with van der Waals surface area (Å²) >= 11 is 1.38. The SMILES string of the molecule is CCn1c2ccccc2c2cc(NC(=O)CSc3nnc(-c4ccccc4)n3C)ccc21. The number of thioether (sulfide) groups is 1. The number of benzene rings is 3. The predicted molar refractivity (Wildman–Crippen MR) is 131 cm³/mol. The molecule has 32 heavy (non-hydrogen) atoms. The first-order valence-corrected chi connectivity index (χ1v) is 11.5. The van der Waals surface area contributed by atoms with Crippen molar-refractivity contribution < 1.29 is 4.79 Å². The van der Waals surface area contributed by atoms with Gasteiger partial charge in [0.25, 0.3) is 0 Å². The van der Waals surface area contributed by atoms with Crippen LogP contribution in [-0.2, 0) is 18.4 Å². The fraction of sp³-hybridized carbons (Fsp3) is 0.160. The lowest BCUT2D eigenvalue weighted by molar-refractivity contribution is -0.113. The number of anilines is 1. The Labute approximate surface area is 190 Å². The van der Waals surface area contributed by atoms with E-state index in [-0.39, 0.29) is 11.7 Å². The first kappa shape index (κ1) is 20.3. The zero-order chi connectivity index (χ0) is 22.1. The second-order valence-corrected chi connectivity index (χ2v) is 8.50. The van der Waals surface area contributed by atoms with Crippen molar-refractivity contribution in [3.8, 4) is 11.4 Å². The number of fused-ring (bicyclic) bond motifs is 3. The quantitative estimate of drug-likeness (QED) is 0.361. The molecule has 0 bridgehead atoms. The summed E-state index contributed by atoms with van der Waals surface area (Å²) in [4.78, 5) is 12.6. The van der Waals surface area contributed by atoms with Gasteiger partial charge in [0, 0.05) is 46.6 Å². The average Bonchev–Trinajstić information content (AvgIpc) is 3.35. The summed E-state index contributed by atoms with van der Waals surface area (Å²) in [7, 11) is 1.92. The van der Waals surface area contributed by atoms with Crippen LogP contribution in [-0.4, -0.2) is 31.0 Å². The first-order chi connectivity index (χ1) is 15.7. The van der Waals surface area contributed by atoms with E-state index < -0.39 is 0 Å². The zero-order valence-electron chi connectivity index (χ0n) is 17.9. The fourth-order valence-corrected chi connectivity index (χ4v) is 4.79. The van der Waals surface area contributed by atoms with Gasteiger partial charge in [-0.3, -0.25) is 4.79 Å². The normalized spacial score (nSPS) is 11.3. The van der Waals surface area contributed by atoms with E-state index in [2.05, 4.69) is 57.3 Å². The topological polar surface area (TPSA) is 64.7 Å². The number of hydrogen-bond acceptors (Lipinski definition) is 4. The highest BCUT2D eigenvalue weighted by Gasteiger charge is 2.14. The van der Waals surface area contributed by atoms with Gasteiger partial charge < -0.3 is 14.5 Å². The second kappa shape index (κ2) is 8.51. The number of aryl methyl sites for hydroxylation is 1. The Morgan fingerprint density at radius 1 is 0.938 bits per heavy atom. The van der Waals surface area contributed by atoms with E-state index in [1.54, 1.807) is 0 Å². The molecule has 0 radical (unpaired) electrons. The number of rotatable bonds is 6. The van der Waals surface area contributed by atoms with Crippen molar-refractivity contribution in [1.82, 2.24) is 19.3 Å². The highest BCUT2D eigenvalue weighted by Crippen LogP contribution is 2.31. The maximum absolute atomic E-state index is 12.6. The summed E-state index contributed by atoms with van der Waals surface area (Å²) in [5.41, 5.74) is 4.18. The van der Waals surface area contributed by atoms with Gasteiger partial charge >= 0.3 is 0 Å². The molecular weight excluding hydrogens is 418 g/mol. The van der Waals surface area contributed by atoms with E-state index >= 15 is 0 Å². The molecular formula is C25H23N5OS. The standard InChI is InChI=1S/C25H23N5OS/c1-3-30-21-12-8-7-11-19(21)20-15-18(13-14-22(20)30)26-23(31)16-32-25-28-27-24(29(25)2)17-9-5-4-6-10-17/h4-15H,3,16H2,1-2H3,(H,26,31). The number of carbonyl (C=O) groups excluding carboxylic acids is 1. The predicted octanol–water partition coefficient (Wildman–Crippen LogP) is 5.34. The van der Waals surface area contributed by atoms with E-state index in [0.29, 0.717) is 5.16 Å². The second-order valence-electron chi connectivity index (χ2n) is 7.56. The van der Waals surface area contributed by atoms with Crippen LogP contribution in [0.4, 0.5) is 5.69 Å². The lowest BCUT2D eigenvalue weighted by Gasteiger charge is -2.07. The third-order valence-corrected chi connectivity index (χ3v) is 6.59. The Morgan fingerprint density at radius 2 is 1.69 bits per heavy atom. The van der Waals surface area contributed by atoms with Crippen LogP contribution in [0.3, 0.4) is 0 Å². The number of amides is 1. The molecule has 0 aliphatic rings. The van der Waals surface area contributed by atoms with Crippen molar-refractivity contribution in [3.63, 3.8) is 0 Å². The number of aromatic nitrogens is 4. The summed E-state index contributed by atoms with van der Waals surface area (Å²) in [6, 6.07) is 24.4. The molecule has 2 aromatic heterocycles. The molecule has 6 nitrogen and oxygen atoms in total. The van der Waals surface area contributed by atoms with Gasteiger partial charge in [0.2, 0.25) is 5.91 Å². The van der Waals surface area contributed by atoms with E-state index in [0.717, 1.165) is 29.0 Å². The van der Waals surface area contributed by atoms with Crippen LogP contribution in [0.15, 0.2) is 78.0 Å². The number of hydrogen-bond donors (Lipinski definition) is 1. The minimum Gasteiger partial charge on any atom is -0.341 e. The smallest absolute Gasteiger partial charge is 0.234 e. The van der Waals surface area contributed by atoms with E-state index in [9.17, 15) is 4.79 Å². The van der Waals surface area contributed by atoms with Gasteiger partial charge in [-0.25, -0.2) is 0 Å². The van der Waals surface area contributed by atoms with Gasteiger partial charge in [-0.1, -0.05) is 60.3 Å². The van der Waals surface area contributed by atoms with Crippen molar-refractivity contribution in [3.05, 3.63) is 72.8 Å². The fourth-order valence-electron chi connectivity index (χ4n) is 4.08. The van der Waals surface area contributed by atoms with Crippen LogP contribution >= 0.6 is 11.8 Å². The molecule has 0 saturated heterocycles. The molecule has 0 saturated carbocycles. The summed E-state index contributed by atoms with van der Waals surface area (Å²) in [5, 5.41) is 14.6. The maximum Gasteiger partial charge on any atom is 0.234 e. The Hall–Kier alpha value is -3.58. The van der Waals surface area contributed by atoms with Gasteiger partial charge in [0.05, 0.1) is 5.75 Å². The first-order valence-electron chi connectivity index (χ1n) is 10.5. The average molecular weight is 442 g/mol. The largest absolute Gasteiger partial charge is 0.341 e. The number of para-hydroxylation sites is 1. The summed E-state index contributed by atoms with van der Waals surface area (Å²) < 4.78 is 4.21. The molecule has 0 aliphatic carbocycles. The highest BCUT2D eigenvalue weighted by atomic mass is 32.2. The monoisotopic (exact) mass is 441 g/mol. The molecule has 5 aromatic rings. The van der Waals surface area contributed by atoms with Crippen LogP contribution in [0.2, 0.25) is 0 Å². The third kappa shape index (κ3) is 3.65. The molecule has 3 aromatic carbocycles. The Kier molecular flexibility index (Phi) is 5.41. The lowest BCUT2D eigenvalue weighted by Crippen LogP contribution is -2.14. The van der Waals surface area contributed by atoms with E-state index in [1.165, 1.54) is 28.2 Å². The number of carbonyl (C=O) groups is 1. The van der Waals surface area contributed by atoms with Crippen LogP contribution in [0.25, 0.3) is 33.2 Å². The molecule has 0 unspecified atom stereocenters. The van der Waals surface area contributed by atoms with E-state index in [1.807, 2.05) is 54.1 Å². The molecule has 0 atom stereocenters. The Morgan fingerprint density at radius 3 is 2.50 bits per heavy atom. The van der Waals surface area contributed by atoms with Gasteiger partial charge in [-0.2, -0.15) is 0 Å². The van der Waals surface area contributed by atoms with Crippen molar-refractivity contribution >= 4 is 45.2 Å². The Balaban J connectivity index is 1.32. The van der Waals surface area contributed by atoms with Crippen LogP contribution in [0.1, 0.15) is 6.92 Å². The van der Waals surface area contributed by atoms with Crippen molar-refractivity contribution in [1.29, 1.82) is 0 Å². The number of nitrogens with zero attached hydrogens (tertiary/aromatic N) is 4. The van der Waals surface area contributed by atoms with Crippen molar-refractivity contribution in [2.24, 2.45) is 7.05 Å². The molecule has 160 valence electrons. The maximum atomic E-state index is 12.6. The van der Waals surface area contributed by atoms with Crippen LogP contribution in [0, 0.1) is 0 Å². The molecule has 0 spiro atoms. The van der Waals surface area contributed by atoms with Gasteiger partial charge in [-0.15, -0.1) is 10.2 Å². The molecule has 0 fully saturated rings. The van der Waals surface area contributed by atoms with Gasteiger partial charge in [0.1, 0.15) is 0 Å². The molecule has 0 aliphatic heterocycles. The molecule has 1 N–H and O–H groups in total. The summed E-state index contributed by atoms with van der Waals surface area (Å²) in [6.07, 6.45) is 0. The summed E-state index contributed by atoms with van der Waals surface area (Å²) in [5.74, 6) is 0.972. The summed E-state index contributed by atoms with van der Waals surface area (Å²) in [6.45, 7) is 3.05. The van der Waals surface area contributed by atoms with Crippen molar-refractivity contribution in [2.75, 3.05) is 11.1 Å². The number of nitrogens with one attached hydrogen (secondary N) is 1. The lowest BCUT2D eigenvalue weighted by atomic mass is 10.1. The molecule has 1 amide bonds. The van der Waals surface area contributed by atoms with Gasteiger partial charge in [-0.05, 0) is 31.2 Å². The molecule has 7 heteroatoms. The highest BCUT2D eigenvalue weighted by molar-refractivity contribution is 7.99. The minimum atomic E-state index is -0.0714. The van der Waals surface area contributed by atoms with Crippen LogP contribution < -0.4 is 5.32 Å². The molecule has 2 heterocycles. The van der Waals surface area contributed by atoms with Crippen LogP contribution in [0.5, 0.6) is 0 Å². The minimum absolute atomic E-state index is 0.0714. The van der Waals surface area contributed by atoms with Crippen molar-refractivity contribution in [2.45, 2.75) is 18.6 Å². The van der Waals surface area contributed by atoms with E-state index in [4.69, 9.17) is 0 Å². The Bertz CT molecular complexity index is 1420. The zero-order valence-corrected chi connectivity index (χ0v) is 18.8. The van der Waals surface area contributed by atoms with Gasteiger partial charge in [0.15, 0.2) is 11.0 Å². The molecule has 5 rings (SSSR count). The third-order valence-electron chi connectivity index (χ3n) is 5.57.